The normalized spacial score (nSPS) is 17.5. The molecule has 4 rings (SSSR count). The fourth-order valence-corrected chi connectivity index (χ4v) is 4.26. The van der Waals surface area contributed by atoms with Crippen LogP contribution < -0.4 is 15.5 Å². The van der Waals surface area contributed by atoms with Gasteiger partial charge in [-0.1, -0.05) is 48.0 Å². The van der Waals surface area contributed by atoms with Gasteiger partial charge in [0.1, 0.15) is 12.1 Å². The first kappa shape index (κ1) is 24.0. The molecule has 180 valence electrons. The molecule has 0 saturated carbocycles. The Bertz CT molecular complexity index is 1220. The van der Waals surface area contributed by atoms with E-state index in [2.05, 4.69) is 10.6 Å². The Labute approximate surface area is 205 Å². The van der Waals surface area contributed by atoms with Crippen molar-refractivity contribution < 1.29 is 14.4 Å². The molecule has 0 radical (unpaired) electrons. The van der Waals surface area contributed by atoms with Crippen molar-refractivity contribution in [3.8, 4) is 0 Å². The molecule has 1 fully saturated rings. The summed E-state index contributed by atoms with van der Waals surface area (Å²) in [6.07, 6.45) is 0. The number of benzene rings is 3. The maximum Gasteiger partial charge on any atom is 0.325 e. The monoisotopic (exact) mass is 470 g/mol. The largest absolute Gasteiger partial charge is 0.356 e. The number of nitrogens with one attached hydrogen (secondary N) is 2. The Balaban J connectivity index is 1.50. The van der Waals surface area contributed by atoms with E-state index in [0.717, 1.165) is 21.8 Å². The Morgan fingerprint density at radius 3 is 2.14 bits per heavy atom. The van der Waals surface area contributed by atoms with Crippen LogP contribution in [0, 0.1) is 6.92 Å². The zero-order valence-corrected chi connectivity index (χ0v) is 20.4. The number of carbonyl (C=O) groups excluding carboxylic acids is 3. The van der Waals surface area contributed by atoms with Crippen molar-refractivity contribution in [2.24, 2.45) is 0 Å². The van der Waals surface area contributed by atoms with E-state index < -0.39 is 17.5 Å². The molecule has 0 unspecified atom stereocenters. The van der Waals surface area contributed by atoms with Gasteiger partial charge in [-0.3, -0.25) is 14.5 Å². The molecule has 0 spiro atoms. The molecule has 0 aliphatic carbocycles. The van der Waals surface area contributed by atoms with E-state index in [1.165, 1.54) is 0 Å². The quantitative estimate of drug-likeness (QED) is 0.479. The molecule has 0 aromatic heterocycles. The van der Waals surface area contributed by atoms with Crippen LogP contribution in [0.15, 0.2) is 78.9 Å². The van der Waals surface area contributed by atoms with Crippen molar-refractivity contribution in [2.45, 2.75) is 39.3 Å². The molecule has 7 nitrogen and oxygen atoms in total. The molecule has 1 heterocycles. The first-order valence-electron chi connectivity index (χ1n) is 11.6. The molecule has 1 aliphatic heterocycles. The molecule has 7 heteroatoms. The van der Waals surface area contributed by atoms with Gasteiger partial charge in [-0.15, -0.1) is 0 Å². The minimum Gasteiger partial charge on any atom is -0.356 e. The van der Waals surface area contributed by atoms with Crippen LogP contribution in [-0.2, 0) is 15.1 Å². The Hall–Kier alpha value is -4.13. The van der Waals surface area contributed by atoms with Crippen molar-refractivity contribution in [1.82, 2.24) is 10.2 Å². The van der Waals surface area contributed by atoms with Crippen LogP contribution in [0.25, 0.3) is 0 Å². The van der Waals surface area contributed by atoms with E-state index in [0.29, 0.717) is 11.3 Å². The number of hydrogen-bond donors (Lipinski definition) is 2. The number of hydrogen-bond acceptors (Lipinski definition) is 4. The number of anilines is 3. The van der Waals surface area contributed by atoms with E-state index in [4.69, 9.17) is 0 Å². The van der Waals surface area contributed by atoms with Crippen LogP contribution >= 0.6 is 0 Å². The van der Waals surface area contributed by atoms with Crippen molar-refractivity contribution in [3.63, 3.8) is 0 Å². The highest BCUT2D eigenvalue weighted by atomic mass is 16.2. The van der Waals surface area contributed by atoms with Gasteiger partial charge in [0.15, 0.2) is 0 Å². The number of urea groups is 1. The van der Waals surface area contributed by atoms with Gasteiger partial charge < -0.3 is 15.5 Å². The summed E-state index contributed by atoms with van der Waals surface area (Å²) in [5, 5.41) is 6.09. The number of nitrogens with zero attached hydrogens (tertiary/aromatic N) is 2. The third-order valence-corrected chi connectivity index (χ3v) is 6.19. The lowest BCUT2D eigenvalue weighted by atomic mass is 9.91. The van der Waals surface area contributed by atoms with Crippen LogP contribution in [0.4, 0.5) is 21.9 Å². The highest BCUT2D eigenvalue weighted by molar-refractivity contribution is 6.10. The molecule has 4 amide bonds. The van der Waals surface area contributed by atoms with E-state index in [-0.39, 0.29) is 18.5 Å². The fourth-order valence-electron chi connectivity index (χ4n) is 4.26. The third kappa shape index (κ3) is 4.89. The van der Waals surface area contributed by atoms with Crippen LogP contribution in [0.1, 0.15) is 31.9 Å². The zero-order valence-electron chi connectivity index (χ0n) is 20.4. The highest BCUT2D eigenvalue weighted by Gasteiger charge is 2.49. The second-order valence-electron chi connectivity index (χ2n) is 9.21. The summed E-state index contributed by atoms with van der Waals surface area (Å²) >= 11 is 0. The van der Waals surface area contributed by atoms with Crippen LogP contribution in [0.2, 0.25) is 0 Å². The molecule has 3 aromatic carbocycles. The summed E-state index contributed by atoms with van der Waals surface area (Å²) in [7, 11) is 0. The van der Waals surface area contributed by atoms with Gasteiger partial charge in [-0.25, -0.2) is 4.79 Å². The molecule has 3 aromatic rings. The van der Waals surface area contributed by atoms with Crippen LogP contribution in [0.5, 0.6) is 0 Å². The molecule has 35 heavy (non-hydrogen) atoms. The SMILES string of the molecule is Cc1ccc([C@@]2(C)NC(=O)N(CC(=O)N(c3ccc(Nc4ccccc4)cc3)C(C)C)C2=O)cc1. The number of aryl methyl sites for hydroxylation is 1. The van der Waals surface area contributed by atoms with Crippen molar-refractivity contribution in [1.29, 1.82) is 0 Å². The number of rotatable bonds is 7. The summed E-state index contributed by atoms with van der Waals surface area (Å²) in [6, 6.07) is 24.0. The van der Waals surface area contributed by atoms with Crippen LogP contribution in [0.3, 0.4) is 0 Å². The molecular weight excluding hydrogens is 440 g/mol. The molecule has 1 aliphatic rings. The third-order valence-electron chi connectivity index (χ3n) is 6.19. The second kappa shape index (κ2) is 9.62. The van der Waals surface area contributed by atoms with Crippen molar-refractivity contribution >= 4 is 34.9 Å². The van der Waals surface area contributed by atoms with Gasteiger partial charge >= 0.3 is 6.03 Å². The van der Waals surface area contributed by atoms with Gasteiger partial charge in [-0.05, 0) is 69.7 Å². The van der Waals surface area contributed by atoms with E-state index in [1.807, 2.05) is 99.6 Å². The smallest absolute Gasteiger partial charge is 0.325 e. The standard InChI is InChI=1S/C28H30N4O3/c1-19(2)32(24-16-14-23(15-17-24)29-22-8-6-5-7-9-22)25(33)18-31-26(34)28(4,30-27(31)35)21-12-10-20(3)11-13-21/h5-17,19,29H,18H2,1-4H3,(H,30,35)/t28-/m1/s1. The highest BCUT2D eigenvalue weighted by Crippen LogP contribution is 2.30. The van der Waals surface area contributed by atoms with Gasteiger partial charge in [0.2, 0.25) is 5.91 Å². The van der Waals surface area contributed by atoms with Gasteiger partial charge in [0.25, 0.3) is 5.91 Å². The molecule has 1 saturated heterocycles. The van der Waals surface area contributed by atoms with Gasteiger partial charge in [0, 0.05) is 23.1 Å². The first-order valence-corrected chi connectivity index (χ1v) is 11.6. The number of imide groups is 1. The summed E-state index contributed by atoms with van der Waals surface area (Å²) in [4.78, 5) is 42.0. The van der Waals surface area contributed by atoms with E-state index in [9.17, 15) is 14.4 Å². The van der Waals surface area contributed by atoms with E-state index in [1.54, 1.807) is 11.8 Å². The summed E-state index contributed by atoms with van der Waals surface area (Å²) < 4.78 is 0. The molecule has 1 atom stereocenters. The molecule has 2 N–H and O–H groups in total. The van der Waals surface area contributed by atoms with Gasteiger partial charge in [0.05, 0.1) is 0 Å². The topological polar surface area (TPSA) is 81.8 Å². The Morgan fingerprint density at radius 2 is 1.54 bits per heavy atom. The lowest BCUT2D eigenvalue weighted by molar-refractivity contribution is -0.134. The Kier molecular flexibility index (Phi) is 6.60. The van der Waals surface area contributed by atoms with Crippen molar-refractivity contribution in [2.75, 3.05) is 16.8 Å². The average molecular weight is 471 g/mol. The fraction of sp³-hybridized carbons (Fsp3) is 0.250. The lowest BCUT2D eigenvalue weighted by Crippen LogP contribution is -2.46. The summed E-state index contributed by atoms with van der Waals surface area (Å²) in [5.41, 5.74) is 3.07. The van der Waals surface area contributed by atoms with Crippen LogP contribution in [-0.4, -0.2) is 35.3 Å². The predicted octanol–water partition coefficient (Wildman–Crippen LogP) is 4.95. The molecule has 0 bridgehead atoms. The second-order valence-corrected chi connectivity index (χ2v) is 9.21. The minimum absolute atomic E-state index is 0.167. The van der Waals surface area contributed by atoms with Gasteiger partial charge in [-0.2, -0.15) is 0 Å². The summed E-state index contributed by atoms with van der Waals surface area (Å²) in [6.45, 7) is 7.08. The van der Waals surface area contributed by atoms with E-state index >= 15 is 0 Å². The zero-order chi connectivity index (χ0) is 25.2. The maximum atomic E-state index is 13.3. The minimum atomic E-state index is -1.21. The maximum absolute atomic E-state index is 13.3. The first-order chi connectivity index (χ1) is 16.7. The number of para-hydroxylation sites is 1. The van der Waals surface area contributed by atoms with Crippen molar-refractivity contribution in [3.05, 3.63) is 90.0 Å². The molecular formula is C28H30N4O3. The average Bonchev–Trinajstić information content (AvgIpc) is 3.05. The Morgan fingerprint density at radius 1 is 0.943 bits per heavy atom. The number of carbonyl (C=O) groups is 3. The lowest BCUT2D eigenvalue weighted by Gasteiger charge is -2.29. The summed E-state index contributed by atoms with van der Waals surface area (Å²) in [5.74, 6) is -0.772. The predicted molar refractivity (Wildman–Crippen MR) is 138 cm³/mol. The number of amides is 4.